The standard InChI is InChI=1S/C14H9Cl2NO4/c1-8(18)13-7-11(17(19)20)2-3-14(13)21-12-5-9(15)4-10(16)6-12/h2-7H,1H3. The van der Waals surface area contributed by atoms with Crippen molar-refractivity contribution in [2.45, 2.75) is 6.92 Å². The second kappa shape index (κ2) is 6.11. The number of hydrogen-bond acceptors (Lipinski definition) is 4. The predicted octanol–water partition coefficient (Wildman–Crippen LogP) is 4.90. The van der Waals surface area contributed by atoms with Gasteiger partial charge in [0.15, 0.2) is 5.78 Å². The van der Waals surface area contributed by atoms with Gasteiger partial charge in [-0.15, -0.1) is 0 Å². The first-order valence-corrected chi connectivity index (χ1v) is 6.56. The van der Waals surface area contributed by atoms with Gasteiger partial charge in [-0.2, -0.15) is 0 Å². The molecule has 7 heteroatoms. The third kappa shape index (κ3) is 3.71. The largest absolute Gasteiger partial charge is 0.456 e. The summed E-state index contributed by atoms with van der Waals surface area (Å²) in [4.78, 5) is 21.8. The van der Waals surface area contributed by atoms with Crippen molar-refractivity contribution in [3.05, 3.63) is 62.1 Å². The minimum Gasteiger partial charge on any atom is -0.456 e. The van der Waals surface area contributed by atoms with Gasteiger partial charge in [0.1, 0.15) is 11.5 Å². The fraction of sp³-hybridized carbons (Fsp3) is 0.0714. The summed E-state index contributed by atoms with van der Waals surface area (Å²) in [6, 6.07) is 8.39. The average Bonchev–Trinajstić information content (AvgIpc) is 2.37. The van der Waals surface area contributed by atoms with Gasteiger partial charge in [0.05, 0.1) is 10.5 Å². The molecule has 0 atom stereocenters. The summed E-state index contributed by atoms with van der Waals surface area (Å²) >= 11 is 11.7. The smallest absolute Gasteiger partial charge is 0.270 e. The lowest BCUT2D eigenvalue weighted by atomic mass is 10.1. The Kier molecular flexibility index (Phi) is 4.45. The lowest BCUT2D eigenvalue weighted by Gasteiger charge is -2.10. The summed E-state index contributed by atoms with van der Waals surface area (Å²) in [5.41, 5.74) is -0.0722. The van der Waals surface area contributed by atoms with Gasteiger partial charge in [0.25, 0.3) is 5.69 Å². The van der Waals surface area contributed by atoms with E-state index >= 15 is 0 Å². The van der Waals surface area contributed by atoms with Crippen LogP contribution in [-0.2, 0) is 0 Å². The van der Waals surface area contributed by atoms with E-state index in [0.29, 0.717) is 15.8 Å². The van der Waals surface area contributed by atoms with Crippen LogP contribution in [0.5, 0.6) is 11.5 Å². The molecule has 0 aliphatic rings. The zero-order valence-electron chi connectivity index (χ0n) is 10.8. The number of non-ortho nitro benzene ring substituents is 1. The van der Waals surface area contributed by atoms with Crippen LogP contribution in [0.25, 0.3) is 0 Å². The summed E-state index contributed by atoms with van der Waals surface area (Å²) < 4.78 is 5.55. The van der Waals surface area contributed by atoms with Crippen molar-refractivity contribution in [1.82, 2.24) is 0 Å². The number of nitrogens with zero attached hydrogens (tertiary/aromatic N) is 1. The molecule has 0 heterocycles. The number of ketones is 1. The fourth-order valence-corrected chi connectivity index (χ4v) is 2.22. The van der Waals surface area contributed by atoms with E-state index in [0.717, 1.165) is 0 Å². The first kappa shape index (κ1) is 15.3. The molecule has 2 rings (SSSR count). The number of carbonyl (C=O) groups excluding carboxylic acids is 1. The van der Waals surface area contributed by atoms with Crippen LogP contribution in [-0.4, -0.2) is 10.7 Å². The van der Waals surface area contributed by atoms with Crippen molar-refractivity contribution in [3.63, 3.8) is 0 Å². The molecule has 0 radical (unpaired) electrons. The second-order valence-electron chi connectivity index (χ2n) is 4.20. The Labute approximate surface area is 130 Å². The average molecular weight is 326 g/mol. The van der Waals surface area contributed by atoms with E-state index in [-0.39, 0.29) is 22.8 Å². The van der Waals surface area contributed by atoms with E-state index < -0.39 is 4.92 Å². The molecule has 5 nitrogen and oxygen atoms in total. The van der Waals surface area contributed by atoms with Crippen LogP contribution in [0.3, 0.4) is 0 Å². The SMILES string of the molecule is CC(=O)c1cc([N+](=O)[O-])ccc1Oc1cc(Cl)cc(Cl)c1. The van der Waals surface area contributed by atoms with Gasteiger partial charge >= 0.3 is 0 Å². The Morgan fingerprint density at radius 2 is 1.76 bits per heavy atom. The molecule has 0 aliphatic heterocycles. The Morgan fingerprint density at radius 1 is 1.14 bits per heavy atom. The highest BCUT2D eigenvalue weighted by atomic mass is 35.5. The van der Waals surface area contributed by atoms with Crippen LogP contribution in [0.15, 0.2) is 36.4 Å². The Morgan fingerprint density at radius 3 is 2.29 bits per heavy atom. The Hall–Kier alpha value is -2.11. The van der Waals surface area contributed by atoms with E-state index in [1.165, 1.54) is 43.3 Å². The highest BCUT2D eigenvalue weighted by Crippen LogP contribution is 2.32. The molecule has 0 spiro atoms. The number of hydrogen-bond donors (Lipinski definition) is 0. The predicted molar refractivity (Wildman–Crippen MR) is 79.6 cm³/mol. The summed E-state index contributed by atoms with van der Waals surface area (Å²) in [5.74, 6) is 0.192. The van der Waals surface area contributed by atoms with Crippen molar-refractivity contribution in [3.8, 4) is 11.5 Å². The monoisotopic (exact) mass is 325 g/mol. The van der Waals surface area contributed by atoms with E-state index in [2.05, 4.69) is 0 Å². The van der Waals surface area contributed by atoms with Crippen LogP contribution < -0.4 is 4.74 Å². The van der Waals surface area contributed by atoms with Gasteiger partial charge in [-0.3, -0.25) is 14.9 Å². The molecule has 108 valence electrons. The zero-order chi connectivity index (χ0) is 15.6. The number of Topliss-reactive ketones (excluding diaryl/α,β-unsaturated/α-hetero) is 1. The number of nitro benzene ring substituents is 1. The Balaban J connectivity index is 2.43. The minimum atomic E-state index is -0.577. The van der Waals surface area contributed by atoms with Crippen LogP contribution >= 0.6 is 23.2 Å². The lowest BCUT2D eigenvalue weighted by molar-refractivity contribution is -0.384. The molecule has 0 bridgehead atoms. The minimum absolute atomic E-state index is 0.111. The molecule has 2 aromatic rings. The molecule has 0 aliphatic carbocycles. The van der Waals surface area contributed by atoms with Gasteiger partial charge in [-0.1, -0.05) is 23.2 Å². The van der Waals surface area contributed by atoms with E-state index in [9.17, 15) is 14.9 Å². The third-order valence-electron chi connectivity index (χ3n) is 2.62. The van der Waals surface area contributed by atoms with Crippen molar-refractivity contribution >= 4 is 34.7 Å². The quantitative estimate of drug-likeness (QED) is 0.455. The highest BCUT2D eigenvalue weighted by molar-refractivity contribution is 6.34. The van der Waals surface area contributed by atoms with E-state index in [4.69, 9.17) is 27.9 Å². The number of nitro groups is 1. The number of rotatable bonds is 4. The molecular formula is C14H9Cl2NO4. The van der Waals surface area contributed by atoms with Crippen LogP contribution in [0, 0.1) is 10.1 Å². The third-order valence-corrected chi connectivity index (χ3v) is 3.05. The maximum Gasteiger partial charge on any atom is 0.270 e. The molecule has 0 saturated carbocycles. The molecular weight excluding hydrogens is 317 g/mol. The van der Waals surface area contributed by atoms with Gasteiger partial charge < -0.3 is 4.74 Å². The summed E-state index contributed by atoms with van der Waals surface area (Å²) in [5, 5.41) is 11.5. The topological polar surface area (TPSA) is 69.4 Å². The fourth-order valence-electron chi connectivity index (χ4n) is 1.71. The molecule has 0 unspecified atom stereocenters. The molecule has 0 N–H and O–H groups in total. The molecule has 21 heavy (non-hydrogen) atoms. The highest BCUT2D eigenvalue weighted by Gasteiger charge is 2.16. The van der Waals surface area contributed by atoms with Gasteiger partial charge in [0, 0.05) is 22.2 Å². The first-order chi connectivity index (χ1) is 9.86. The van der Waals surface area contributed by atoms with Crippen LogP contribution in [0.1, 0.15) is 17.3 Å². The van der Waals surface area contributed by atoms with Gasteiger partial charge in [-0.05, 0) is 31.2 Å². The second-order valence-corrected chi connectivity index (χ2v) is 5.07. The van der Waals surface area contributed by atoms with Crippen LogP contribution in [0.2, 0.25) is 10.0 Å². The van der Waals surface area contributed by atoms with Gasteiger partial charge in [0.2, 0.25) is 0 Å². The molecule has 0 aromatic heterocycles. The molecule has 0 amide bonds. The Bertz CT molecular complexity index is 711. The van der Waals surface area contributed by atoms with Crippen molar-refractivity contribution < 1.29 is 14.5 Å². The maximum atomic E-state index is 11.6. The van der Waals surface area contributed by atoms with Crippen LogP contribution in [0.4, 0.5) is 5.69 Å². The first-order valence-electron chi connectivity index (χ1n) is 5.80. The summed E-state index contributed by atoms with van der Waals surface area (Å²) in [6.45, 7) is 1.30. The van der Waals surface area contributed by atoms with E-state index in [1.807, 2.05) is 0 Å². The molecule has 0 fully saturated rings. The lowest BCUT2D eigenvalue weighted by Crippen LogP contribution is -1.99. The molecule has 0 saturated heterocycles. The number of ether oxygens (including phenoxy) is 1. The van der Waals surface area contributed by atoms with E-state index in [1.54, 1.807) is 0 Å². The number of benzene rings is 2. The van der Waals surface area contributed by atoms with Crippen molar-refractivity contribution in [1.29, 1.82) is 0 Å². The van der Waals surface area contributed by atoms with Gasteiger partial charge in [-0.25, -0.2) is 0 Å². The summed E-state index contributed by atoms with van der Waals surface area (Å²) in [7, 11) is 0. The van der Waals surface area contributed by atoms with Crippen molar-refractivity contribution in [2.24, 2.45) is 0 Å². The van der Waals surface area contributed by atoms with Crippen molar-refractivity contribution in [2.75, 3.05) is 0 Å². The molecule has 2 aromatic carbocycles. The number of carbonyl (C=O) groups is 1. The normalized spacial score (nSPS) is 10.2. The summed E-state index contributed by atoms with van der Waals surface area (Å²) in [6.07, 6.45) is 0. The zero-order valence-corrected chi connectivity index (χ0v) is 12.3. The maximum absolute atomic E-state index is 11.6. The number of halogens is 2.